The molecule has 0 spiro atoms. The molecule has 3 rings (SSSR count). The molecule has 0 radical (unpaired) electrons. The molecule has 1 aliphatic heterocycles. The summed E-state index contributed by atoms with van der Waals surface area (Å²) in [5, 5.41) is 2.05. The first kappa shape index (κ1) is 25.5. The number of carbonyl (C=O) groups excluding carboxylic acids is 3. The van der Waals surface area contributed by atoms with Crippen LogP contribution in [0.15, 0.2) is 24.3 Å². The van der Waals surface area contributed by atoms with Crippen molar-refractivity contribution in [3.05, 3.63) is 57.6 Å². The highest BCUT2D eigenvalue weighted by Crippen LogP contribution is 2.32. The summed E-state index contributed by atoms with van der Waals surface area (Å²) in [5.41, 5.74) is 2.91. The molecule has 0 aliphatic carbocycles. The van der Waals surface area contributed by atoms with Gasteiger partial charge in [0, 0.05) is 16.2 Å². The Kier molecular flexibility index (Phi) is 8.38. The summed E-state index contributed by atoms with van der Waals surface area (Å²) in [6.45, 7) is 0. The van der Waals surface area contributed by atoms with E-state index in [1.807, 2.05) is 0 Å². The average Bonchev–Trinajstić information content (AvgIpc) is 3.09. The molecule has 33 heavy (non-hydrogen) atoms. The first-order valence-corrected chi connectivity index (χ1v) is 13.2. The molecule has 6 nitrogen and oxygen atoms in total. The number of hydrogen-bond donors (Lipinski definition) is 0. The number of fused-ring (bicyclic) bond motifs is 1. The standard InChI is InChI=1S/C22H18NO5P5/c1-27-22(26)17(28-23-20(24)11-6-4-5-7-12(11)21(23)25)16-14(9-30)13(8-29)15(10-31)18(32-2)19(16)33-3/h4-10,17,29-31H,2-3H2,1H3. The number of methoxy groups -OCH3 is 1. The zero-order valence-electron chi connectivity index (χ0n) is 17.4. The quantitative estimate of drug-likeness (QED) is 0.283. The van der Waals surface area contributed by atoms with Crippen LogP contribution in [-0.4, -0.2) is 59.9 Å². The van der Waals surface area contributed by atoms with E-state index in [0.29, 0.717) is 43.5 Å². The molecule has 1 atom stereocenters. The molecular weight excluding hydrogens is 513 g/mol. The second kappa shape index (κ2) is 10.9. The molecule has 0 N–H and O–H groups in total. The van der Waals surface area contributed by atoms with Gasteiger partial charge in [0.15, 0.2) is 0 Å². The van der Waals surface area contributed by atoms with E-state index in [1.165, 1.54) is 19.2 Å². The Balaban J connectivity index is 2.28. The van der Waals surface area contributed by atoms with E-state index in [2.05, 4.69) is 39.2 Å². The van der Waals surface area contributed by atoms with Crippen LogP contribution in [0.2, 0.25) is 0 Å². The number of carbonyl (C=O) groups is 3. The smallest absolute Gasteiger partial charge is 0.342 e. The summed E-state index contributed by atoms with van der Waals surface area (Å²) in [7, 11) is 12.8. The Morgan fingerprint density at radius 1 is 0.939 bits per heavy atom. The fourth-order valence-corrected chi connectivity index (χ4v) is 6.30. The molecule has 0 bridgehead atoms. The Hall–Kier alpha value is -2.14. The normalized spacial score (nSPS) is 13.7. The number of hydroxylamine groups is 2. The highest BCUT2D eigenvalue weighted by molar-refractivity contribution is 7.53. The minimum absolute atomic E-state index is 0.198. The van der Waals surface area contributed by atoms with Crippen molar-refractivity contribution in [3.63, 3.8) is 0 Å². The Morgan fingerprint density at radius 2 is 1.45 bits per heavy atom. The summed E-state index contributed by atoms with van der Waals surface area (Å²) in [6, 6.07) is 6.35. The van der Waals surface area contributed by atoms with Crippen LogP contribution < -0.4 is 10.6 Å². The zero-order valence-corrected chi connectivity index (χ0v) is 22.2. The van der Waals surface area contributed by atoms with Crippen LogP contribution >= 0.6 is 43.0 Å². The lowest BCUT2D eigenvalue weighted by molar-refractivity contribution is -0.179. The van der Waals surface area contributed by atoms with Crippen LogP contribution in [0, 0.1) is 0 Å². The molecule has 0 saturated carbocycles. The van der Waals surface area contributed by atoms with Crippen molar-refractivity contribution >= 4 is 101 Å². The van der Waals surface area contributed by atoms with E-state index in [4.69, 9.17) is 9.57 Å². The van der Waals surface area contributed by atoms with Crippen molar-refractivity contribution in [1.29, 1.82) is 0 Å². The third kappa shape index (κ3) is 4.37. The third-order valence-corrected chi connectivity index (χ3v) is 7.60. The van der Waals surface area contributed by atoms with E-state index in [0.717, 1.165) is 10.9 Å². The van der Waals surface area contributed by atoms with Crippen molar-refractivity contribution in [3.8, 4) is 0 Å². The summed E-state index contributed by atoms with van der Waals surface area (Å²) in [6.07, 6.45) is 6.56. The Morgan fingerprint density at radius 3 is 1.88 bits per heavy atom. The molecule has 2 aromatic carbocycles. The number of ether oxygens (including phenoxy) is 1. The summed E-state index contributed by atoms with van der Waals surface area (Å²) in [5.74, 6) is 2.96. The van der Waals surface area contributed by atoms with Crippen LogP contribution in [0.3, 0.4) is 0 Å². The van der Waals surface area contributed by atoms with Crippen molar-refractivity contribution in [2.75, 3.05) is 7.11 Å². The maximum absolute atomic E-state index is 13.0. The second-order valence-corrected chi connectivity index (χ2v) is 8.95. The van der Waals surface area contributed by atoms with Gasteiger partial charge in [-0.1, -0.05) is 41.1 Å². The van der Waals surface area contributed by atoms with Gasteiger partial charge < -0.3 is 4.74 Å². The first-order valence-electron chi connectivity index (χ1n) is 9.31. The minimum Gasteiger partial charge on any atom is -0.467 e. The number of benzene rings is 2. The molecule has 0 saturated heterocycles. The maximum atomic E-state index is 13.0. The lowest BCUT2D eigenvalue weighted by Gasteiger charge is -2.26. The van der Waals surface area contributed by atoms with Crippen molar-refractivity contribution < 1.29 is 24.0 Å². The number of rotatable bonds is 9. The van der Waals surface area contributed by atoms with Gasteiger partial charge in [-0.25, -0.2) is 9.63 Å². The molecule has 1 unspecified atom stereocenters. The molecule has 0 fully saturated rings. The molecule has 1 aliphatic rings. The molecule has 2 aromatic rings. The van der Waals surface area contributed by atoms with E-state index in [9.17, 15) is 14.4 Å². The van der Waals surface area contributed by atoms with Gasteiger partial charge >= 0.3 is 5.97 Å². The molecule has 0 aromatic heterocycles. The summed E-state index contributed by atoms with van der Waals surface area (Å²) < 4.78 is 5.00. The van der Waals surface area contributed by atoms with Gasteiger partial charge in [0.05, 0.1) is 18.2 Å². The van der Waals surface area contributed by atoms with Gasteiger partial charge in [-0.15, -0.1) is 31.7 Å². The van der Waals surface area contributed by atoms with Crippen molar-refractivity contribution in [2.24, 2.45) is 0 Å². The first-order chi connectivity index (χ1) is 15.9. The lowest BCUT2D eigenvalue weighted by atomic mass is 9.95. The number of esters is 1. The molecule has 11 heteroatoms. The number of hydrogen-bond acceptors (Lipinski definition) is 5. The summed E-state index contributed by atoms with van der Waals surface area (Å²) in [4.78, 5) is 44.6. The van der Waals surface area contributed by atoms with E-state index in [-0.39, 0.29) is 11.1 Å². The minimum atomic E-state index is -1.43. The SMILES string of the molecule is C=Pc1c(C=P)c(C=P)c(C=P)c(C(ON2C(=O)c3ccccc3C2=O)C(=O)OC)c1P=C. The number of imide groups is 1. The van der Waals surface area contributed by atoms with Gasteiger partial charge in [-0.2, -0.15) is 0 Å². The molecule has 166 valence electrons. The average molecular weight is 531 g/mol. The predicted octanol–water partition coefficient (Wildman–Crippen LogP) is 3.01. The Bertz CT molecular complexity index is 1180. The molecule has 2 amide bonds. The maximum Gasteiger partial charge on any atom is 0.342 e. The van der Waals surface area contributed by atoms with Crippen LogP contribution in [0.4, 0.5) is 0 Å². The van der Waals surface area contributed by atoms with E-state index < -0.39 is 23.9 Å². The van der Waals surface area contributed by atoms with Gasteiger partial charge in [0.25, 0.3) is 11.8 Å². The van der Waals surface area contributed by atoms with E-state index in [1.54, 1.807) is 29.5 Å². The Labute approximate surface area is 201 Å². The number of nitrogens with zero attached hydrogens (tertiary/aromatic N) is 1. The highest BCUT2D eigenvalue weighted by Gasteiger charge is 2.41. The second-order valence-electron chi connectivity index (χ2n) is 6.56. The fraction of sp³-hybridized carbons (Fsp3) is 0.0909. The van der Waals surface area contributed by atoms with Crippen molar-refractivity contribution in [1.82, 2.24) is 5.06 Å². The number of amides is 2. The lowest BCUT2D eigenvalue weighted by Crippen LogP contribution is -2.38. The fourth-order valence-electron chi connectivity index (χ4n) is 3.53. The topological polar surface area (TPSA) is 72.9 Å². The largest absolute Gasteiger partial charge is 0.467 e. The summed E-state index contributed by atoms with van der Waals surface area (Å²) >= 11 is 0. The van der Waals surface area contributed by atoms with Crippen LogP contribution in [0.25, 0.3) is 0 Å². The van der Waals surface area contributed by atoms with Crippen LogP contribution in [0.1, 0.15) is 49.1 Å². The zero-order chi connectivity index (χ0) is 24.3. The van der Waals surface area contributed by atoms with Crippen molar-refractivity contribution in [2.45, 2.75) is 6.10 Å². The van der Waals surface area contributed by atoms with Crippen LogP contribution in [-0.2, 0) is 14.4 Å². The van der Waals surface area contributed by atoms with Gasteiger partial charge in [0.1, 0.15) is 0 Å². The monoisotopic (exact) mass is 531 g/mol. The highest BCUT2D eigenvalue weighted by atomic mass is 31.1. The van der Waals surface area contributed by atoms with Crippen LogP contribution in [0.5, 0.6) is 0 Å². The van der Waals surface area contributed by atoms with Gasteiger partial charge in [-0.05, 0) is 46.2 Å². The molecular formula is C22H18NO5P5. The third-order valence-electron chi connectivity index (χ3n) is 5.00. The van der Waals surface area contributed by atoms with E-state index >= 15 is 0 Å². The van der Waals surface area contributed by atoms with Gasteiger partial charge in [-0.3, -0.25) is 9.59 Å². The van der Waals surface area contributed by atoms with Gasteiger partial charge in [0.2, 0.25) is 6.10 Å². The predicted molar refractivity (Wildman–Crippen MR) is 147 cm³/mol. The molecule has 1 heterocycles.